The molecule has 1 nitrogen and oxygen atoms in total. The quantitative estimate of drug-likeness (QED) is 0.772. The average Bonchev–Trinajstić information content (AvgIpc) is 2.32. The van der Waals surface area contributed by atoms with Gasteiger partial charge in [0.25, 0.3) is 0 Å². The van der Waals surface area contributed by atoms with E-state index in [4.69, 9.17) is 11.6 Å². The van der Waals surface area contributed by atoms with Gasteiger partial charge in [-0.2, -0.15) is 0 Å². The van der Waals surface area contributed by atoms with Crippen LogP contribution in [0.1, 0.15) is 38.7 Å². The molecule has 17 heavy (non-hydrogen) atoms. The second-order valence-corrected chi connectivity index (χ2v) is 5.84. The summed E-state index contributed by atoms with van der Waals surface area (Å²) in [6, 6.07) is 9.03. The van der Waals surface area contributed by atoms with E-state index in [9.17, 15) is 0 Å². The number of hydrogen-bond donors (Lipinski definition) is 0. The maximum absolute atomic E-state index is 5.92. The van der Waals surface area contributed by atoms with Gasteiger partial charge in [0.1, 0.15) is 0 Å². The van der Waals surface area contributed by atoms with Crippen molar-refractivity contribution in [2.45, 2.75) is 45.7 Å². The van der Waals surface area contributed by atoms with E-state index in [1.165, 1.54) is 31.4 Å². The van der Waals surface area contributed by atoms with Gasteiger partial charge in [-0.1, -0.05) is 44.0 Å². The Morgan fingerprint density at radius 1 is 1.24 bits per heavy atom. The van der Waals surface area contributed by atoms with Gasteiger partial charge in [-0.25, -0.2) is 0 Å². The van der Waals surface area contributed by atoms with Crippen LogP contribution in [0.2, 0.25) is 5.02 Å². The number of piperidine rings is 1. The van der Waals surface area contributed by atoms with Crippen molar-refractivity contribution in [2.75, 3.05) is 6.54 Å². The molecule has 0 saturated carbocycles. The Morgan fingerprint density at radius 2 is 1.94 bits per heavy atom. The van der Waals surface area contributed by atoms with Crippen LogP contribution in [0.15, 0.2) is 24.3 Å². The van der Waals surface area contributed by atoms with Crippen LogP contribution < -0.4 is 0 Å². The van der Waals surface area contributed by atoms with Crippen LogP contribution >= 0.6 is 11.6 Å². The largest absolute Gasteiger partial charge is 0.296 e. The third-order valence-electron chi connectivity index (χ3n) is 3.73. The average molecular weight is 252 g/mol. The third-order valence-corrected chi connectivity index (χ3v) is 3.98. The van der Waals surface area contributed by atoms with E-state index in [0.717, 1.165) is 23.5 Å². The predicted molar refractivity (Wildman–Crippen MR) is 74.3 cm³/mol. The van der Waals surface area contributed by atoms with E-state index in [2.05, 4.69) is 30.9 Å². The van der Waals surface area contributed by atoms with Crippen molar-refractivity contribution >= 4 is 11.6 Å². The molecule has 94 valence electrons. The number of halogens is 1. The lowest BCUT2D eigenvalue weighted by atomic mass is 9.92. The van der Waals surface area contributed by atoms with Gasteiger partial charge < -0.3 is 0 Å². The molecule has 1 unspecified atom stereocenters. The van der Waals surface area contributed by atoms with E-state index < -0.39 is 0 Å². The predicted octanol–water partition coefficient (Wildman–Crippen LogP) is 4.35. The molecule has 0 N–H and O–H groups in total. The van der Waals surface area contributed by atoms with Crippen molar-refractivity contribution in [3.63, 3.8) is 0 Å². The number of benzene rings is 1. The molecule has 1 aliphatic rings. The summed E-state index contributed by atoms with van der Waals surface area (Å²) in [5.41, 5.74) is 1.38. The summed E-state index contributed by atoms with van der Waals surface area (Å²) >= 11 is 5.92. The number of likely N-dealkylation sites (tertiary alicyclic amines) is 1. The fourth-order valence-electron chi connectivity index (χ4n) is 2.79. The Hall–Kier alpha value is -0.530. The Morgan fingerprint density at radius 3 is 2.59 bits per heavy atom. The van der Waals surface area contributed by atoms with E-state index in [-0.39, 0.29) is 0 Å². The SMILES string of the molecule is CC(C)C1CCCCN1Cc1ccc(Cl)cc1. The first-order valence-corrected chi connectivity index (χ1v) is 7.03. The molecule has 1 saturated heterocycles. The van der Waals surface area contributed by atoms with E-state index in [0.29, 0.717) is 0 Å². The molecular formula is C15H22ClN. The van der Waals surface area contributed by atoms with Gasteiger partial charge in [0.15, 0.2) is 0 Å². The van der Waals surface area contributed by atoms with Crippen molar-refractivity contribution in [3.05, 3.63) is 34.9 Å². The summed E-state index contributed by atoms with van der Waals surface area (Å²) in [5.74, 6) is 0.752. The smallest absolute Gasteiger partial charge is 0.0406 e. The van der Waals surface area contributed by atoms with Crippen molar-refractivity contribution in [1.29, 1.82) is 0 Å². The fraction of sp³-hybridized carbons (Fsp3) is 0.600. The zero-order chi connectivity index (χ0) is 12.3. The number of hydrogen-bond acceptors (Lipinski definition) is 1. The van der Waals surface area contributed by atoms with Crippen LogP contribution in [-0.2, 0) is 6.54 Å². The maximum atomic E-state index is 5.92. The highest BCUT2D eigenvalue weighted by Crippen LogP contribution is 2.25. The maximum Gasteiger partial charge on any atom is 0.0406 e. The second kappa shape index (κ2) is 5.88. The van der Waals surface area contributed by atoms with Gasteiger partial charge in [0.05, 0.1) is 0 Å². The zero-order valence-electron chi connectivity index (χ0n) is 10.8. The van der Waals surface area contributed by atoms with Gasteiger partial charge in [-0.05, 0) is 43.0 Å². The summed E-state index contributed by atoms with van der Waals surface area (Å²) in [5, 5.41) is 0.827. The van der Waals surface area contributed by atoms with E-state index in [1.54, 1.807) is 0 Å². The minimum absolute atomic E-state index is 0.749. The molecule has 0 bridgehead atoms. The van der Waals surface area contributed by atoms with E-state index >= 15 is 0 Å². The fourth-order valence-corrected chi connectivity index (χ4v) is 2.92. The highest BCUT2D eigenvalue weighted by Gasteiger charge is 2.24. The van der Waals surface area contributed by atoms with Crippen molar-refractivity contribution in [2.24, 2.45) is 5.92 Å². The lowest BCUT2D eigenvalue weighted by Crippen LogP contribution is -2.42. The Bertz CT molecular complexity index is 344. The number of nitrogens with zero attached hydrogens (tertiary/aromatic N) is 1. The summed E-state index contributed by atoms with van der Waals surface area (Å²) < 4.78 is 0. The summed E-state index contributed by atoms with van der Waals surface area (Å²) in [4.78, 5) is 2.64. The molecule has 2 rings (SSSR count). The van der Waals surface area contributed by atoms with Gasteiger partial charge in [0.2, 0.25) is 0 Å². The van der Waals surface area contributed by atoms with Gasteiger partial charge in [0, 0.05) is 17.6 Å². The summed E-state index contributed by atoms with van der Waals surface area (Å²) in [7, 11) is 0. The minimum Gasteiger partial charge on any atom is -0.296 e. The van der Waals surface area contributed by atoms with Gasteiger partial charge in [-0.15, -0.1) is 0 Å². The van der Waals surface area contributed by atoms with Crippen LogP contribution in [-0.4, -0.2) is 17.5 Å². The highest BCUT2D eigenvalue weighted by atomic mass is 35.5. The normalized spacial score (nSPS) is 22.0. The summed E-state index contributed by atoms with van der Waals surface area (Å²) in [6.07, 6.45) is 4.09. The van der Waals surface area contributed by atoms with Crippen LogP contribution in [0.25, 0.3) is 0 Å². The Kier molecular flexibility index (Phi) is 4.47. The third kappa shape index (κ3) is 3.46. The Balaban J connectivity index is 2.02. The molecular weight excluding hydrogens is 230 g/mol. The first-order chi connectivity index (χ1) is 8.16. The number of rotatable bonds is 3. The second-order valence-electron chi connectivity index (χ2n) is 5.40. The topological polar surface area (TPSA) is 3.24 Å². The summed E-state index contributed by atoms with van der Waals surface area (Å²) in [6.45, 7) is 6.99. The molecule has 0 spiro atoms. The van der Waals surface area contributed by atoms with Crippen LogP contribution in [0.3, 0.4) is 0 Å². The lowest BCUT2D eigenvalue weighted by molar-refractivity contribution is 0.104. The lowest BCUT2D eigenvalue weighted by Gasteiger charge is -2.38. The molecule has 1 aromatic carbocycles. The highest BCUT2D eigenvalue weighted by molar-refractivity contribution is 6.30. The molecule has 0 radical (unpaired) electrons. The zero-order valence-corrected chi connectivity index (χ0v) is 11.6. The van der Waals surface area contributed by atoms with Crippen molar-refractivity contribution in [3.8, 4) is 0 Å². The van der Waals surface area contributed by atoms with Crippen molar-refractivity contribution < 1.29 is 0 Å². The molecule has 0 aliphatic carbocycles. The van der Waals surface area contributed by atoms with Crippen LogP contribution in [0.4, 0.5) is 0 Å². The van der Waals surface area contributed by atoms with Crippen LogP contribution in [0.5, 0.6) is 0 Å². The standard InChI is InChI=1S/C15H22ClN/c1-12(2)15-5-3-4-10-17(15)11-13-6-8-14(16)9-7-13/h6-9,12,15H,3-5,10-11H2,1-2H3. The monoisotopic (exact) mass is 251 g/mol. The van der Waals surface area contributed by atoms with Crippen LogP contribution in [0, 0.1) is 5.92 Å². The Labute approximate surface area is 110 Å². The van der Waals surface area contributed by atoms with Gasteiger partial charge in [-0.3, -0.25) is 4.90 Å². The molecule has 1 fully saturated rings. The molecule has 1 aliphatic heterocycles. The molecule has 0 aromatic heterocycles. The first-order valence-electron chi connectivity index (χ1n) is 6.65. The minimum atomic E-state index is 0.749. The molecule has 0 amide bonds. The van der Waals surface area contributed by atoms with Gasteiger partial charge >= 0.3 is 0 Å². The molecule has 1 atom stereocenters. The van der Waals surface area contributed by atoms with Crippen molar-refractivity contribution in [1.82, 2.24) is 4.90 Å². The first kappa shape index (κ1) is 12.9. The molecule has 1 aromatic rings. The van der Waals surface area contributed by atoms with E-state index in [1.807, 2.05) is 12.1 Å². The molecule has 2 heteroatoms. The molecule has 1 heterocycles.